The van der Waals surface area contributed by atoms with Crippen molar-refractivity contribution < 1.29 is 13.6 Å². The summed E-state index contributed by atoms with van der Waals surface area (Å²) in [7, 11) is 0. The van der Waals surface area contributed by atoms with Crippen LogP contribution in [0, 0.1) is 25.5 Å². The summed E-state index contributed by atoms with van der Waals surface area (Å²) >= 11 is 2.79. The molecule has 166 valence electrons. The molecule has 0 saturated heterocycles. The van der Waals surface area contributed by atoms with Crippen molar-refractivity contribution in [2.24, 2.45) is 0 Å². The zero-order chi connectivity index (χ0) is 22.8. The maximum atomic E-state index is 14.3. The number of fused-ring (bicyclic) bond motifs is 1. The molecule has 2 heterocycles. The van der Waals surface area contributed by atoms with Gasteiger partial charge in [0.15, 0.2) is 10.9 Å². The number of nitrogens with zero attached hydrogens (tertiary/aromatic N) is 4. The molecule has 0 aliphatic heterocycles. The normalized spacial score (nSPS) is 11.3. The van der Waals surface area contributed by atoms with Crippen molar-refractivity contribution >= 4 is 44.4 Å². The van der Waals surface area contributed by atoms with E-state index in [1.54, 1.807) is 23.9 Å². The maximum Gasteiger partial charge on any atom is 0.260 e. The number of aromatic nitrogens is 3. The molecule has 9 heteroatoms. The van der Waals surface area contributed by atoms with Crippen LogP contribution in [0.4, 0.5) is 13.9 Å². The highest BCUT2D eigenvalue weighted by atomic mass is 32.2. The average Bonchev–Trinajstić information content (AvgIpc) is 3.31. The fourth-order valence-corrected chi connectivity index (χ4v) is 5.15. The third kappa shape index (κ3) is 4.68. The number of aryl methyl sites for hydroxylation is 2. The smallest absolute Gasteiger partial charge is 0.260 e. The third-order valence-electron chi connectivity index (χ3n) is 4.93. The van der Waals surface area contributed by atoms with Crippen molar-refractivity contribution in [2.45, 2.75) is 32.2 Å². The first-order valence-corrected chi connectivity index (χ1v) is 12.0. The fraction of sp³-hybridized carbons (Fsp3) is 0.261. The molecular formula is C23H22F2N4OS2. The number of carbonyl (C=O) groups excluding carboxylic acids is 1. The Labute approximate surface area is 193 Å². The Kier molecular flexibility index (Phi) is 6.57. The first-order chi connectivity index (χ1) is 15.4. The molecule has 0 N–H and O–H groups in total. The van der Waals surface area contributed by atoms with Gasteiger partial charge in [-0.15, -0.1) is 11.8 Å². The van der Waals surface area contributed by atoms with E-state index in [0.29, 0.717) is 21.9 Å². The molecule has 5 nitrogen and oxygen atoms in total. The number of benzene rings is 2. The van der Waals surface area contributed by atoms with Gasteiger partial charge in [0, 0.05) is 28.8 Å². The van der Waals surface area contributed by atoms with Gasteiger partial charge in [-0.25, -0.2) is 13.8 Å². The van der Waals surface area contributed by atoms with Crippen LogP contribution in [-0.2, 0) is 6.54 Å². The molecule has 0 atom stereocenters. The second kappa shape index (κ2) is 9.38. The second-order valence-electron chi connectivity index (χ2n) is 7.30. The molecule has 2 aromatic heterocycles. The van der Waals surface area contributed by atoms with E-state index < -0.39 is 11.6 Å². The van der Waals surface area contributed by atoms with E-state index in [1.165, 1.54) is 11.0 Å². The van der Waals surface area contributed by atoms with Crippen LogP contribution in [0.3, 0.4) is 0 Å². The number of thiazole rings is 1. The van der Waals surface area contributed by atoms with Crippen LogP contribution < -0.4 is 4.90 Å². The molecule has 0 unspecified atom stereocenters. The van der Waals surface area contributed by atoms with Crippen LogP contribution in [-0.4, -0.2) is 33.0 Å². The molecule has 0 bridgehead atoms. The van der Waals surface area contributed by atoms with Gasteiger partial charge < -0.3 is 0 Å². The van der Waals surface area contributed by atoms with E-state index in [4.69, 9.17) is 0 Å². The lowest BCUT2D eigenvalue weighted by atomic mass is 10.2. The van der Waals surface area contributed by atoms with E-state index in [9.17, 15) is 13.6 Å². The number of amides is 1. The van der Waals surface area contributed by atoms with Crippen molar-refractivity contribution in [3.8, 4) is 0 Å². The Morgan fingerprint density at radius 2 is 1.91 bits per heavy atom. The molecule has 0 fully saturated rings. The standard InChI is InChI=1S/C23H22F2N4OS2/c1-4-31-18-7-5-16(6-8-18)22(30)28(9-10-29-15(3)11-14(2)27-29)23-26-21-19(25)12-17(24)13-20(21)32-23/h5-8,11-13H,4,9-10H2,1-3H3. The maximum absolute atomic E-state index is 14.3. The molecule has 4 aromatic rings. The van der Waals surface area contributed by atoms with E-state index in [0.717, 1.165) is 39.4 Å². The zero-order valence-electron chi connectivity index (χ0n) is 17.9. The minimum Gasteiger partial charge on any atom is -0.282 e. The number of halogens is 2. The summed E-state index contributed by atoms with van der Waals surface area (Å²) in [6.07, 6.45) is 0. The van der Waals surface area contributed by atoms with Gasteiger partial charge in [0.25, 0.3) is 5.91 Å². The summed E-state index contributed by atoms with van der Waals surface area (Å²) in [5.41, 5.74) is 2.44. The SMILES string of the molecule is CCSc1ccc(C(=O)N(CCn2nc(C)cc2C)c2nc3c(F)cc(F)cc3s2)cc1. The topological polar surface area (TPSA) is 51.0 Å². The quantitative estimate of drug-likeness (QED) is 0.317. The third-order valence-corrected chi connectivity index (χ3v) is 6.85. The predicted molar refractivity (Wildman–Crippen MR) is 126 cm³/mol. The first-order valence-electron chi connectivity index (χ1n) is 10.2. The van der Waals surface area contributed by atoms with Crippen LogP contribution in [0.25, 0.3) is 10.2 Å². The minimum atomic E-state index is -0.741. The summed E-state index contributed by atoms with van der Waals surface area (Å²) in [5.74, 6) is -0.723. The van der Waals surface area contributed by atoms with Gasteiger partial charge in [0.05, 0.1) is 16.9 Å². The van der Waals surface area contributed by atoms with Gasteiger partial charge in [-0.05, 0) is 56.0 Å². The van der Waals surface area contributed by atoms with E-state index in [2.05, 4.69) is 17.0 Å². The van der Waals surface area contributed by atoms with Crippen LogP contribution >= 0.6 is 23.1 Å². The summed E-state index contributed by atoms with van der Waals surface area (Å²) in [6.45, 7) is 6.66. The first kappa shape index (κ1) is 22.4. The lowest BCUT2D eigenvalue weighted by Crippen LogP contribution is -2.34. The fourth-order valence-electron chi connectivity index (χ4n) is 3.46. The zero-order valence-corrected chi connectivity index (χ0v) is 19.6. The molecule has 1 amide bonds. The highest BCUT2D eigenvalue weighted by Gasteiger charge is 2.23. The van der Waals surface area contributed by atoms with Gasteiger partial charge >= 0.3 is 0 Å². The van der Waals surface area contributed by atoms with Crippen molar-refractivity contribution in [1.29, 1.82) is 0 Å². The van der Waals surface area contributed by atoms with E-state index in [1.807, 2.05) is 36.7 Å². The summed E-state index contributed by atoms with van der Waals surface area (Å²) in [5, 5.41) is 4.78. The molecule has 4 rings (SSSR count). The minimum absolute atomic E-state index is 0.0602. The molecule has 0 radical (unpaired) electrons. The van der Waals surface area contributed by atoms with Gasteiger partial charge in [0.2, 0.25) is 0 Å². The lowest BCUT2D eigenvalue weighted by molar-refractivity contribution is 0.0985. The van der Waals surface area contributed by atoms with E-state index >= 15 is 0 Å². The summed E-state index contributed by atoms with van der Waals surface area (Å²) < 4.78 is 30.1. The van der Waals surface area contributed by atoms with Gasteiger partial charge in [-0.2, -0.15) is 5.10 Å². The number of hydrogen-bond acceptors (Lipinski definition) is 5. The Hall–Kier alpha value is -2.78. The molecular weight excluding hydrogens is 450 g/mol. The monoisotopic (exact) mass is 472 g/mol. The van der Waals surface area contributed by atoms with Crippen LogP contribution in [0.15, 0.2) is 47.4 Å². The van der Waals surface area contributed by atoms with Crippen LogP contribution in [0.2, 0.25) is 0 Å². The van der Waals surface area contributed by atoms with Crippen molar-refractivity contribution in [3.63, 3.8) is 0 Å². The van der Waals surface area contributed by atoms with Gasteiger partial charge in [-0.1, -0.05) is 18.3 Å². The molecule has 0 spiro atoms. The van der Waals surface area contributed by atoms with Gasteiger partial charge in [-0.3, -0.25) is 14.4 Å². The van der Waals surface area contributed by atoms with Crippen LogP contribution in [0.5, 0.6) is 0 Å². The van der Waals surface area contributed by atoms with E-state index in [-0.39, 0.29) is 18.0 Å². The molecule has 2 aromatic carbocycles. The molecule has 0 saturated carbocycles. The van der Waals surface area contributed by atoms with Crippen molar-refractivity contribution in [3.05, 3.63) is 71.1 Å². The van der Waals surface area contributed by atoms with Crippen molar-refractivity contribution in [1.82, 2.24) is 14.8 Å². The highest BCUT2D eigenvalue weighted by Crippen LogP contribution is 2.32. The predicted octanol–water partition coefficient (Wildman–Crippen LogP) is 5.85. The average molecular weight is 473 g/mol. The largest absolute Gasteiger partial charge is 0.282 e. The molecule has 32 heavy (non-hydrogen) atoms. The Morgan fingerprint density at radius 3 is 2.56 bits per heavy atom. The van der Waals surface area contributed by atoms with Gasteiger partial charge in [0.1, 0.15) is 11.3 Å². The Balaban J connectivity index is 1.69. The Morgan fingerprint density at radius 1 is 1.16 bits per heavy atom. The highest BCUT2D eigenvalue weighted by molar-refractivity contribution is 7.99. The lowest BCUT2D eigenvalue weighted by Gasteiger charge is -2.20. The van der Waals surface area contributed by atoms with Crippen molar-refractivity contribution in [2.75, 3.05) is 17.2 Å². The second-order valence-corrected chi connectivity index (χ2v) is 9.64. The van der Waals surface area contributed by atoms with Crippen LogP contribution in [0.1, 0.15) is 28.7 Å². The number of thioether (sulfide) groups is 1. The molecule has 0 aliphatic rings. The number of rotatable bonds is 7. The molecule has 0 aliphatic carbocycles. The number of anilines is 1. The Bertz CT molecular complexity index is 1270. The number of carbonyl (C=O) groups is 1. The summed E-state index contributed by atoms with van der Waals surface area (Å²) in [4.78, 5) is 20.4. The summed E-state index contributed by atoms with van der Waals surface area (Å²) in [6, 6.07) is 11.4. The number of hydrogen-bond donors (Lipinski definition) is 0.